The van der Waals surface area contributed by atoms with Crippen molar-refractivity contribution in [2.24, 2.45) is 7.05 Å². The maximum absolute atomic E-state index is 7.76. The molecule has 0 bridgehead atoms. The molecule has 0 aliphatic carbocycles. The second-order valence-electron chi connectivity index (χ2n) is 5.87. The highest BCUT2D eigenvalue weighted by atomic mass is 16.5. The fraction of sp³-hybridized carbons (Fsp3) is 0.263. The topological polar surface area (TPSA) is 101 Å². The normalized spacial score (nSPS) is 10.5. The van der Waals surface area contributed by atoms with Gasteiger partial charge in [0.25, 0.3) is 0 Å². The first kappa shape index (κ1) is 18.4. The maximum atomic E-state index is 7.76. The second kappa shape index (κ2) is 8.31. The van der Waals surface area contributed by atoms with E-state index in [4.69, 9.17) is 10.1 Å². The Morgan fingerprint density at radius 1 is 1.37 bits per heavy atom. The molecular formula is C19H23N7O. The Labute approximate surface area is 158 Å². The molecule has 140 valence electrons. The van der Waals surface area contributed by atoms with Gasteiger partial charge in [-0.3, -0.25) is 4.68 Å². The molecule has 8 nitrogen and oxygen atoms in total. The van der Waals surface area contributed by atoms with Crippen molar-refractivity contribution in [3.05, 3.63) is 48.0 Å². The van der Waals surface area contributed by atoms with Crippen molar-refractivity contribution in [1.82, 2.24) is 19.7 Å². The maximum Gasteiger partial charge on any atom is 0.222 e. The van der Waals surface area contributed by atoms with E-state index in [2.05, 4.69) is 25.7 Å². The predicted octanol–water partition coefficient (Wildman–Crippen LogP) is 2.93. The molecule has 27 heavy (non-hydrogen) atoms. The van der Waals surface area contributed by atoms with Crippen LogP contribution in [0.15, 0.2) is 36.8 Å². The number of anilines is 2. The summed E-state index contributed by atoms with van der Waals surface area (Å²) in [7, 11) is 3.70. The van der Waals surface area contributed by atoms with Gasteiger partial charge >= 0.3 is 0 Å². The molecule has 0 amide bonds. The smallest absolute Gasteiger partial charge is 0.222 e. The number of pyridine rings is 2. The monoisotopic (exact) mass is 365 g/mol. The third-order valence-electron chi connectivity index (χ3n) is 4.00. The molecule has 0 saturated heterocycles. The minimum Gasteiger partial charge on any atom is -0.477 e. The first-order chi connectivity index (χ1) is 13.2. The van der Waals surface area contributed by atoms with Crippen LogP contribution in [0, 0.1) is 5.41 Å². The molecule has 0 saturated carbocycles. The van der Waals surface area contributed by atoms with Crippen molar-refractivity contribution in [2.45, 2.75) is 13.5 Å². The van der Waals surface area contributed by atoms with Crippen LogP contribution >= 0.6 is 0 Å². The molecule has 3 aromatic rings. The van der Waals surface area contributed by atoms with Crippen LogP contribution in [-0.4, -0.2) is 39.6 Å². The van der Waals surface area contributed by atoms with Gasteiger partial charge in [0.2, 0.25) is 5.88 Å². The highest BCUT2D eigenvalue weighted by Gasteiger charge is 2.15. The Hall–Kier alpha value is -3.42. The van der Waals surface area contributed by atoms with E-state index in [0.717, 1.165) is 22.5 Å². The van der Waals surface area contributed by atoms with Gasteiger partial charge in [0.05, 0.1) is 35.4 Å². The van der Waals surface area contributed by atoms with Crippen molar-refractivity contribution < 1.29 is 4.74 Å². The van der Waals surface area contributed by atoms with E-state index < -0.39 is 0 Å². The van der Waals surface area contributed by atoms with Gasteiger partial charge in [-0.2, -0.15) is 5.10 Å². The minimum atomic E-state index is 0.516. The Kier molecular flexibility index (Phi) is 5.65. The van der Waals surface area contributed by atoms with E-state index in [9.17, 15) is 0 Å². The number of nitrogens with one attached hydrogen (secondary N) is 3. The summed E-state index contributed by atoms with van der Waals surface area (Å²) in [6.45, 7) is 3.04. The van der Waals surface area contributed by atoms with Crippen molar-refractivity contribution >= 4 is 17.6 Å². The number of rotatable bonds is 8. The fourth-order valence-electron chi connectivity index (χ4n) is 2.81. The molecule has 0 aromatic carbocycles. The van der Waals surface area contributed by atoms with E-state index in [1.54, 1.807) is 10.9 Å². The van der Waals surface area contributed by atoms with E-state index in [1.165, 1.54) is 6.21 Å². The van der Waals surface area contributed by atoms with Crippen LogP contribution in [0.25, 0.3) is 11.3 Å². The van der Waals surface area contributed by atoms with Gasteiger partial charge in [-0.15, -0.1) is 0 Å². The summed E-state index contributed by atoms with van der Waals surface area (Å²) in [4.78, 5) is 8.92. The summed E-state index contributed by atoms with van der Waals surface area (Å²) < 4.78 is 7.40. The summed E-state index contributed by atoms with van der Waals surface area (Å²) in [5, 5.41) is 18.5. The average molecular weight is 365 g/mol. The van der Waals surface area contributed by atoms with Crippen molar-refractivity contribution in [3.8, 4) is 17.1 Å². The Morgan fingerprint density at radius 3 is 2.89 bits per heavy atom. The minimum absolute atomic E-state index is 0.516. The summed E-state index contributed by atoms with van der Waals surface area (Å²) in [5.41, 5.74) is 4.68. The molecule has 3 aromatic heterocycles. The zero-order chi connectivity index (χ0) is 19.2. The number of aromatic nitrogens is 4. The number of hydrogen-bond acceptors (Lipinski definition) is 7. The van der Waals surface area contributed by atoms with Gasteiger partial charge in [-0.1, -0.05) is 0 Å². The van der Waals surface area contributed by atoms with Crippen molar-refractivity contribution in [2.75, 3.05) is 24.3 Å². The molecule has 0 aliphatic heterocycles. The third kappa shape index (κ3) is 4.05. The lowest BCUT2D eigenvalue weighted by atomic mass is 10.1. The zero-order valence-electron chi connectivity index (χ0n) is 15.7. The van der Waals surface area contributed by atoms with E-state index >= 15 is 0 Å². The quantitative estimate of drug-likeness (QED) is 0.531. The van der Waals surface area contributed by atoms with Gasteiger partial charge < -0.3 is 20.8 Å². The lowest BCUT2D eigenvalue weighted by molar-refractivity contribution is 0.328. The fourth-order valence-corrected chi connectivity index (χ4v) is 2.81. The summed E-state index contributed by atoms with van der Waals surface area (Å²) >= 11 is 0. The van der Waals surface area contributed by atoms with E-state index in [-0.39, 0.29) is 0 Å². The van der Waals surface area contributed by atoms with Crippen LogP contribution in [0.3, 0.4) is 0 Å². The average Bonchev–Trinajstić information content (AvgIpc) is 3.11. The summed E-state index contributed by atoms with van der Waals surface area (Å²) in [6, 6.07) is 5.70. The van der Waals surface area contributed by atoms with E-state index in [1.807, 2.05) is 51.6 Å². The van der Waals surface area contributed by atoms with Crippen molar-refractivity contribution in [1.29, 1.82) is 5.41 Å². The van der Waals surface area contributed by atoms with Crippen LogP contribution in [0.4, 0.5) is 11.4 Å². The highest BCUT2D eigenvalue weighted by Crippen LogP contribution is 2.33. The Morgan fingerprint density at radius 2 is 2.22 bits per heavy atom. The summed E-state index contributed by atoms with van der Waals surface area (Å²) in [5.74, 6) is 0.527. The lowest BCUT2D eigenvalue weighted by Crippen LogP contribution is -2.07. The Balaban J connectivity index is 2.02. The molecule has 0 fully saturated rings. The molecule has 0 spiro atoms. The molecule has 0 aliphatic rings. The highest BCUT2D eigenvalue weighted by molar-refractivity contribution is 5.91. The molecule has 3 N–H and O–H groups in total. The van der Waals surface area contributed by atoms with Crippen LogP contribution in [0.2, 0.25) is 0 Å². The van der Waals surface area contributed by atoms with Gasteiger partial charge in [0.1, 0.15) is 5.69 Å². The summed E-state index contributed by atoms with van der Waals surface area (Å²) in [6.07, 6.45) is 6.71. The third-order valence-corrected chi connectivity index (χ3v) is 4.00. The number of nitrogens with zero attached hydrogens (tertiary/aromatic N) is 4. The molecule has 0 unspecified atom stereocenters. The van der Waals surface area contributed by atoms with Gasteiger partial charge in [0.15, 0.2) is 0 Å². The van der Waals surface area contributed by atoms with Gasteiger partial charge in [-0.25, -0.2) is 9.97 Å². The number of hydrogen-bond donors (Lipinski definition) is 3. The van der Waals surface area contributed by atoms with Crippen LogP contribution in [-0.2, 0) is 13.6 Å². The molecule has 0 radical (unpaired) electrons. The van der Waals surface area contributed by atoms with Crippen LogP contribution in [0.5, 0.6) is 5.88 Å². The SMILES string of the molecule is CCOc1ncccc1-c1cc(NCc2cnn(C)c2)c(NC)c(C=N)n1. The molecular weight excluding hydrogens is 342 g/mol. The first-order valence-corrected chi connectivity index (χ1v) is 8.69. The second-order valence-corrected chi connectivity index (χ2v) is 5.87. The lowest BCUT2D eigenvalue weighted by Gasteiger charge is -2.16. The van der Waals surface area contributed by atoms with Crippen molar-refractivity contribution in [3.63, 3.8) is 0 Å². The number of aryl methyl sites for hydroxylation is 1. The van der Waals surface area contributed by atoms with Gasteiger partial charge in [-0.05, 0) is 25.1 Å². The molecule has 3 rings (SSSR count). The van der Waals surface area contributed by atoms with Crippen LogP contribution < -0.4 is 15.4 Å². The molecule has 0 atom stereocenters. The molecule has 8 heteroatoms. The first-order valence-electron chi connectivity index (χ1n) is 8.69. The predicted molar refractivity (Wildman–Crippen MR) is 107 cm³/mol. The van der Waals surface area contributed by atoms with Gasteiger partial charge in [0, 0.05) is 44.8 Å². The standard InChI is InChI=1S/C19H23N7O/c1-4-27-19-14(6-5-7-22-19)15-8-16(18(21-2)17(9-20)25-15)23-10-13-11-24-26(3)12-13/h5-9,11-12,20-21H,4,10H2,1-3H3,(H,23,25). The largest absolute Gasteiger partial charge is 0.477 e. The Bertz CT molecular complexity index is 936. The molecule has 3 heterocycles. The number of ether oxygens (including phenoxy) is 1. The van der Waals surface area contributed by atoms with E-state index in [0.29, 0.717) is 30.4 Å². The van der Waals surface area contributed by atoms with Crippen LogP contribution in [0.1, 0.15) is 18.2 Å². The zero-order valence-corrected chi connectivity index (χ0v) is 15.7.